The highest BCUT2D eigenvalue weighted by Crippen LogP contribution is 2.32. The number of fused-ring (bicyclic) bond motifs is 3. The third kappa shape index (κ3) is 2.59. The summed E-state index contributed by atoms with van der Waals surface area (Å²) < 4.78 is 0. The number of aromatic nitrogens is 4. The molecule has 1 unspecified atom stereocenters. The van der Waals surface area contributed by atoms with Crippen molar-refractivity contribution < 1.29 is 4.79 Å². The lowest BCUT2D eigenvalue weighted by molar-refractivity contribution is -0.125. The largest absolute Gasteiger partial charge is 0.355 e. The number of piperidine rings is 1. The Labute approximate surface area is 144 Å². The van der Waals surface area contributed by atoms with Crippen molar-refractivity contribution in [3.05, 3.63) is 24.5 Å². The van der Waals surface area contributed by atoms with Crippen molar-refractivity contribution in [1.29, 1.82) is 0 Å². The summed E-state index contributed by atoms with van der Waals surface area (Å²) in [6, 6.07) is 4.31. The van der Waals surface area contributed by atoms with Crippen molar-refractivity contribution in [3.8, 4) is 0 Å². The number of rotatable bonds is 3. The van der Waals surface area contributed by atoms with Crippen LogP contribution in [0.25, 0.3) is 21.9 Å². The van der Waals surface area contributed by atoms with Gasteiger partial charge in [-0.15, -0.1) is 10.2 Å². The molecule has 2 fully saturated rings. The molecule has 1 saturated heterocycles. The Balaban J connectivity index is 1.51. The predicted molar refractivity (Wildman–Crippen MR) is 95.3 cm³/mol. The third-order valence-electron chi connectivity index (χ3n) is 5.18. The van der Waals surface area contributed by atoms with Crippen molar-refractivity contribution >= 4 is 33.7 Å². The molecule has 0 spiro atoms. The van der Waals surface area contributed by atoms with Crippen LogP contribution in [0.15, 0.2) is 24.5 Å². The maximum Gasteiger partial charge on any atom is 0.225 e. The van der Waals surface area contributed by atoms with Gasteiger partial charge >= 0.3 is 0 Å². The van der Waals surface area contributed by atoms with Crippen LogP contribution < -0.4 is 10.2 Å². The van der Waals surface area contributed by atoms with E-state index in [1.54, 1.807) is 6.20 Å². The molecule has 2 aliphatic rings. The number of aromatic amines is 1. The standard InChI is InChI=1S/C18H20N6O/c25-18(21-12-3-4-12)11-2-1-9-24(10-11)17-15-13-5-7-19-16(13)23-22-14(15)6-8-20-17/h5-8,11-12H,1-4,9-10H2,(H,19,23)(H,21,25). The molecule has 7 nitrogen and oxygen atoms in total. The van der Waals surface area contributed by atoms with Crippen molar-refractivity contribution in [1.82, 2.24) is 25.5 Å². The molecular formula is C18H20N6O. The Morgan fingerprint density at radius 3 is 3.04 bits per heavy atom. The fourth-order valence-corrected chi connectivity index (χ4v) is 3.70. The lowest BCUT2D eigenvalue weighted by atomic mass is 9.96. The number of carbonyl (C=O) groups excluding carboxylic acids is 1. The van der Waals surface area contributed by atoms with Crippen LogP contribution in [-0.2, 0) is 4.79 Å². The first-order valence-electron chi connectivity index (χ1n) is 8.93. The average molecular weight is 336 g/mol. The van der Waals surface area contributed by atoms with Gasteiger partial charge in [0.2, 0.25) is 5.91 Å². The van der Waals surface area contributed by atoms with Gasteiger partial charge in [0.25, 0.3) is 0 Å². The summed E-state index contributed by atoms with van der Waals surface area (Å²) in [5.74, 6) is 1.13. The van der Waals surface area contributed by atoms with Crippen LogP contribution in [0.5, 0.6) is 0 Å². The Bertz CT molecular complexity index is 947. The Hall–Kier alpha value is -2.70. The van der Waals surface area contributed by atoms with Crippen molar-refractivity contribution in [2.75, 3.05) is 18.0 Å². The number of nitrogens with zero attached hydrogens (tertiary/aromatic N) is 4. The second-order valence-corrected chi connectivity index (χ2v) is 7.04. The second kappa shape index (κ2) is 5.68. The van der Waals surface area contributed by atoms with E-state index in [1.165, 1.54) is 0 Å². The monoisotopic (exact) mass is 336 g/mol. The minimum atomic E-state index is 0.0305. The van der Waals surface area contributed by atoms with Gasteiger partial charge in [-0.3, -0.25) is 4.79 Å². The first kappa shape index (κ1) is 14.6. The lowest BCUT2D eigenvalue weighted by Gasteiger charge is -2.33. The molecule has 1 aliphatic heterocycles. The van der Waals surface area contributed by atoms with Crippen LogP contribution in [0.1, 0.15) is 25.7 Å². The Morgan fingerprint density at radius 2 is 2.16 bits per heavy atom. The van der Waals surface area contributed by atoms with Gasteiger partial charge in [-0.05, 0) is 37.8 Å². The minimum Gasteiger partial charge on any atom is -0.355 e. The topological polar surface area (TPSA) is 86.8 Å². The summed E-state index contributed by atoms with van der Waals surface area (Å²) >= 11 is 0. The summed E-state index contributed by atoms with van der Waals surface area (Å²) in [5.41, 5.74) is 1.60. The highest BCUT2D eigenvalue weighted by molar-refractivity contribution is 6.08. The molecule has 25 heavy (non-hydrogen) atoms. The third-order valence-corrected chi connectivity index (χ3v) is 5.18. The molecule has 1 amide bonds. The summed E-state index contributed by atoms with van der Waals surface area (Å²) in [4.78, 5) is 22.5. The van der Waals surface area contributed by atoms with Gasteiger partial charge in [-0.1, -0.05) is 0 Å². The zero-order chi connectivity index (χ0) is 16.8. The van der Waals surface area contributed by atoms with Gasteiger partial charge in [0.05, 0.1) is 16.8 Å². The molecule has 3 aromatic heterocycles. The number of pyridine rings is 1. The van der Waals surface area contributed by atoms with E-state index in [0.717, 1.165) is 60.0 Å². The van der Waals surface area contributed by atoms with Crippen LogP contribution in [0.2, 0.25) is 0 Å². The smallest absolute Gasteiger partial charge is 0.225 e. The van der Waals surface area contributed by atoms with Crippen LogP contribution >= 0.6 is 0 Å². The molecular weight excluding hydrogens is 316 g/mol. The average Bonchev–Trinajstić information content (AvgIpc) is 3.33. The first-order valence-corrected chi connectivity index (χ1v) is 8.93. The van der Waals surface area contributed by atoms with Crippen molar-refractivity contribution in [2.45, 2.75) is 31.7 Å². The molecule has 128 valence electrons. The van der Waals surface area contributed by atoms with Gasteiger partial charge < -0.3 is 15.2 Å². The molecule has 0 bridgehead atoms. The van der Waals surface area contributed by atoms with E-state index in [2.05, 4.69) is 30.4 Å². The minimum absolute atomic E-state index is 0.0305. The number of H-pyrrole nitrogens is 1. The SMILES string of the molecule is O=C(NC1CC1)C1CCCN(c2nccc3nnc4[nH]ccc4c23)C1. The molecule has 1 saturated carbocycles. The summed E-state index contributed by atoms with van der Waals surface area (Å²) in [6.07, 6.45) is 7.83. The summed E-state index contributed by atoms with van der Waals surface area (Å²) in [5, 5.41) is 13.7. The molecule has 1 aliphatic carbocycles. The molecule has 5 rings (SSSR count). The van der Waals surface area contributed by atoms with Gasteiger partial charge in [0, 0.05) is 36.9 Å². The van der Waals surface area contributed by atoms with Gasteiger partial charge in [0.1, 0.15) is 5.82 Å². The van der Waals surface area contributed by atoms with E-state index in [1.807, 2.05) is 18.3 Å². The van der Waals surface area contributed by atoms with E-state index in [4.69, 9.17) is 0 Å². The maximum atomic E-state index is 12.5. The number of hydrogen-bond acceptors (Lipinski definition) is 5. The number of hydrogen-bond donors (Lipinski definition) is 2. The molecule has 4 heterocycles. The van der Waals surface area contributed by atoms with Crippen molar-refractivity contribution in [2.24, 2.45) is 5.92 Å². The maximum absolute atomic E-state index is 12.5. The van der Waals surface area contributed by atoms with Crippen molar-refractivity contribution in [3.63, 3.8) is 0 Å². The number of nitrogens with one attached hydrogen (secondary N) is 2. The van der Waals surface area contributed by atoms with Crippen LogP contribution in [0, 0.1) is 5.92 Å². The van der Waals surface area contributed by atoms with Gasteiger partial charge in [0.15, 0.2) is 5.65 Å². The first-order chi connectivity index (χ1) is 12.3. The highest BCUT2D eigenvalue weighted by atomic mass is 16.2. The molecule has 2 N–H and O–H groups in total. The molecule has 0 radical (unpaired) electrons. The van der Waals surface area contributed by atoms with Crippen LogP contribution in [-0.4, -0.2) is 45.2 Å². The number of amides is 1. The van der Waals surface area contributed by atoms with Gasteiger partial charge in [-0.2, -0.15) is 0 Å². The van der Waals surface area contributed by atoms with E-state index in [9.17, 15) is 4.79 Å². The number of anilines is 1. The Morgan fingerprint density at radius 1 is 1.24 bits per heavy atom. The van der Waals surface area contributed by atoms with Crippen LogP contribution in [0.3, 0.4) is 0 Å². The van der Waals surface area contributed by atoms with Crippen LogP contribution in [0.4, 0.5) is 5.82 Å². The summed E-state index contributed by atoms with van der Waals surface area (Å²) in [7, 11) is 0. The van der Waals surface area contributed by atoms with E-state index < -0.39 is 0 Å². The fraction of sp³-hybridized carbons (Fsp3) is 0.444. The highest BCUT2D eigenvalue weighted by Gasteiger charge is 2.31. The van der Waals surface area contributed by atoms with E-state index in [0.29, 0.717) is 12.6 Å². The second-order valence-electron chi connectivity index (χ2n) is 7.04. The molecule has 7 heteroatoms. The Kier molecular flexibility index (Phi) is 3.33. The number of carbonyl (C=O) groups is 1. The molecule has 1 atom stereocenters. The quantitative estimate of drug-likeness (QED) is 0.764. The zero-order valence-corrected chi connectivity index (χ0v) is 13.9. The van der Waals surface area contributed by atoms with E-state index in [-0.39, 0.29) is 11.8 Å². The lowest BCUT2D eigenvalue weighted by Crippen LogP contribution is -2.44. The predicted octanol–water partition coefficient (Wildman–Crippen LogP) is 2.00. The molecule has 0 aromatic carbocycles. The summed E-state index contributed by atoms with van der Waals surface area (Å²) in [6.45, 7) is 1.62. The molecule has 3 aromatic rings. The normalized spacial score (nSPS) is 21.0. The zero-order valence-electron chi connectivity index (χ0n) is 13.9. The van der Waals surface area contributed by atoms with E-state index >= 15 is 0 Å². The van der Waals surface area contributed by atoms with Gasteiger partial charge in [-0.25, -0.2) is 4.98 Å². The fourth-order valence-electron chi connectivity index (χ4n) is 3.70.